The molecule has 0 fully saturated rings. The van der Waals surface area contributed by atoms with E-state index in [0.717, 1.165) is 0 Å². The van der Waals surface area contributed by atoms with Crippen LogP contribution in [0.1, 0.15) is 15.9 Å². The van der Waals surface area contributed by atoms with Crippen molar-refractivity contribution >= 4 is 5.97 Å². The van der Waals surface area contributed by atoms with Crippen molar-refractivity contribution in [3.8, 4) is 5.75 Å². The molecule has 7 heteroatoms. The lowest BCUT2D eigenvalue weighted by molar-refractivity contribution is -0.210. The van der Waals surface area contributed by atoms with Crippen LogP contribution in [0.4, 0.5) is 13.2 Å². The average molecular weight is 264 g/mol. The first-order valence-electron chi connectivity index (χ1n) is 4.93. The van der Waals surface area contributed by atoms with Gasteiger partial charge in [0.2, 0.25) is 0 Å². The summed E-state index contributed by atoms with van der Waals surface area (Å²) in [6, 6.07) is 3.76. The predicted octanol–water partition coefficient (Wildman–Crippen LogP) is 2.00. The standard InChI is InChI=1S/C11H11F3O4/c1-6-4-7(2-3-8(6)10(16)17)18-5-9(15)11(12,13)14/h2-4,9,15H,5H2,1H3,(H,16,17). The molecule has 1 atom stereocenters. The second kappa shape index (κ2) is 5.26. The van der Waals surface area contributed by atoms with Crippen molar-refractivity contribution in [3.05, 3.63) is 29.3 Å². The molecule has 100 valence electrons. The van der Waals surface area contributed by atoms with Crippen molar-refractivity contribution in [2.24, 2.45) is 0 Å². The van der Waals surface area contributed by atoms with Gasteiger partial charge in [-0.15, -0.1) is 0 Å². The normalized spacial score (nSPS) is 13.2. The van der Waals surface area contributed by atoms with Crippen molar-refractivity contribution in [3.63, 3.8) is 0 Å². The maximum absolute atomic E-state index is 12.0. The van der Waals surface area contributed by atoms with E-state index in [1.807, 2.05) is 0 Å². The van der Waals surface area contributed by atoms with Crippen LogP contribution in [-0.4, -0.2) is 35.1 Å². The Kier molecular flexibility index (Phi) is 4.18. The van der Waals surface area contributed by atoms with E-state index in [0.29, 0.717) is 5.56 Å². The fraction of sp³-hybridized carbons (Fsp3) is 0.364. The largest absolute Gasteiger partial charge is 0.491 e. The van der Waals surface area contributed by atoms with E-state index in [1.54, 1.807) is 0 Å². The molecule has 1 aromatic carbocycles. The molecule has 0 aliphatic rings. The summed E-state index contributed by atoms with van der Waals surface area (Å²) in [6.45, 7) is 0.561. The molecule has 0 aliphatic heterocycles. The first-order valence-corrected chi connectivity index (χ1v) is 4.93. The van der Waals surface area contributed by atoms with Crippen LogP contribution < -0.4 is 4.74 Å². The molecule has 4 nitrogen and oxygen atoms in total. The number of carboxylic acids is 1. The van der Waals surface area contributed by atoms with E-state index in [4.69, 9.17) is 14.9 Å². The van der Waals surface area contributed by atoms with Gasteiger partial charge in [0.05, 0.1) is 5.56 Å². The summed E-state index contributed by atoms with van der Waals surface area (Å²) in [5, 5.41) is 17.5. The first-order chi connectivity index (χ1) is 8.21. The van der Waals surface area contributed by atoms with Crippen LogP contribution in [0.5, 0.6) is 5.75 Å². The summed E-state index contributed by atoms with van der Waals surface area (Å²) in [5.74, 6) is -1.06. The number of aliphatic hydroxyl groups excluding tert-OH is 1. The molecule has 0 aromatic heterocycles. The smallest absolute Gasteiger partial charge is 0.417 e. The van der Waals surface area contributed by atoms with Crippen molar-refractivity contribution < 1.29 is 32.9 Å². The van der Waals surface area contributed by atoms with E-state index in [9.17, 15) is 18.0 Å². The lowest BCUT2D eigenvalue weighted by atomic mass is 10.1. The van der Waals surface area contributed by atoms with E-state index < -0.39 is 24.9 Å². The van der Waals surface area contributed by atoms with Crippen LogP contribution in [0.2, 0.25) is 0 Å². The number of benzene rings is 1. The molecule has 18 heavy (non-hydrogen) atoms. The van der Waals surface area contributed by atoms with Crippen LogP contribution in [0, 0.1) is 6.92 Å². The molecule has 0 heterocycles. The number of aryl methyl sites for hydroxylation is 1. The summed E-state index contributed by atoms with van der Waals surface area (Å²) in [6.07, 6.45) is -7.31. The molecular weight excluding hydrogens is 253 g/mol. The van der Waals surface area contributed by atoms with Gasteiger partial charge in [0.25, 0.3) is 0 Å². The third kappa shape index (κ3) is 3.63. The Morgan fingerprint density at radius 1 is 1.44 bits per heavy atom. The summed E-state index contributed by atoms with van der Waals surface area (Å²) >= 11 is 0. The number of carboxylic acid groups (broad SMARTS) is 1. The molecule has 0 spiro atoms. The molecule has 1 rings (SSSR count). The topological polar surface area (TPSA) is 66.8 Å². The SMILES string of the molecule is Cc1cc(OCC(O)C(F)(F)F)ccc1C(=O)O. The number of ether oxygens (including phenoxy) is 1. The quantitative estimate of drug-likeness (QED) is 0.872. The van der Waals surface area contributed by atoms with Gasteiger partial charge in [-0.1, -0.05) is 0 Å². The Labute approximate surface area is 101 Å². The van der Waals surface area contributed by atoms with Crippen molar-refractivity contribution in [2.75, 3.05) is 6.61 Å². The summed E-state index contributed by atoms with van der Waals surface area (Å²) in [7, 11) is 0. The number of hydrogen-bond acceptors (Lipinski definition) is 3. The Morgan fingerprint density at radius 3 is 2.50 bits per heavy atom. The number of aromatic carboxylic acids is 1. The summed E-state index contributed by atoms with van der Waals surface area (Å²) in [4.78, 5) is 10.7. The fourth-order valence-corrected chi connectivity index (χ4v) is 1.24. The van der Waals surface area contributed by atoms with Gasteiger partial charge in [-0.3, -0.25) is 0 Å². The van der Waals surface area contributed by atoms with E-state index in [-0.39, 0.29) is 11.3 Å². The molecule has 0 amide bonds. The molecule has 1 aromatic rings. The van der Waals surface area contributed by atoms with Crippen LogP contribution in [0.3, 0.4) is 0 Å². The number of halogens is 3. The number of carbonyl (C=O) groups is 1. The van der Waals surface area contributed by atoms with Gasteiger partial charge in [-0.05, 0) is 30.7 Å². The number of aliphatic hydroxyl groups is 1. The minimum Gasteiger partial charge on any atom is -0.491 e. The maximum atomic E-state index is 12.0. The Balaban J connectivity index is 2.70. The number of alkyl halides is 3. The lowest BCUT2D eigenvalue weighted by Crippen LogP contribution is -2.34. The van der Waals surface area contributed by atoms with Crippen LogP contribution >= 0.6 is 0 Å². The van der Waals surface area contributed by atoms with Crippen LogP contribution in [-0.2, 0) is 0 Å². The van der Waals surface area contributed by atoms with Gasteiger partial charge in [-0.25, -0.2) is 4.79 Å². The highest BCUT2D eigenvalue weighted by Crippen LogP contribution is 2.22. The molecule has 2 N–H and O–H groups in total. The van der Waals surface area contributed by atoms with Crippen LogP contribution in [0.25, 0.3) is 0 Å². The van der Waals surface area contributed by atoms with E-state index >= 15 is 0 Å². The van der Waals surface area contributed by atoms with Crippen molar-refractivity contribution in [1.29, 1.82) is 0 Å². The molecule has 0 saturated carbocycles. The zero-order valence-corrected chi connectivity index (χ0v) is 9.36. The predicted molar refractivity (Wildman–Crippen MR) is 55.7 cm³/mol. The number of hydrogen-bond donors (Lipinski definition) is 2. The molecule has 1 unspecified atom stereocenters. The minimum absolute atomic E-state index is 0.0405. The molecule has 0 aliphatic carbocycles. The Hall–Kier alpha value is -1.76. The minimum atomic E-state index is -4.74. The van der Waals surface area contributed by atoms with Gasteiger partial charge in [0.1, 0.15) is 12.4 Å². The third-order valence-electron chi connectivity index (χ3n) is 2.21. The van der Waals surface area contributed by atoms with Gasteiger partial charge in [-0.2, -0.15) is 13.2 Å². The molecular formula is C11H11F3O4. The Morgan fingerprint density at radius 2 is 2.06 bits per heavy atom. The molecule has 0 bridgehead atoms. The third-order valence-corrected chi connectivity index (χ3v) is 2.21. The van der Waals surface area contributed by atoms with Gasteiger partial charge in [0, 0.05) is 0 Å². The average Bonchev–Trinajstić information content (AvgIpc) is 2.24. The monoisotopic (exact) mass is 264 g/mol. The zero-order chi connectivity index (χ0) is 13.9. The summed E-state index contributed by atoms with van der Waals surface area (Å²) < 4.78 is 40.7. The van der Waals surface area contributed by atoms with Crippen molar-refractivity contribution in [2.45, 2.75) is 19.2 Å². The maximum Gasteiger partial charge on any atom is 0.417 e. The highest BCUT2D eigenvalue weighted by Gasteiger charge is 2.38. The van der Waals surface area contributed by atoms with E-state index in [2.05, 4.69) is 0 Å². The highest BCUT2D eigenvalue weighted by molar-refractivity contribution is 5.89. The van der Waals surface area contributed by atoms with E-state index in [1.165, 1.54) is 25.1 Å². The van der Waals surface area contributed by atoms with Gasteiger partial charge in [0.15, 0.2) is 6.10 Å². The Bertz CT molecular complexity index is 442. The van der Waals surface area contributed by atoms with Crippen LogP contribution in [0.15, 0.2) is 18.2 Å². The second-order valence-corrected chi connectivity index (χ2v) is 3.65. The lowest BCUT2D eigenvalue weighted by Gasteiger charge is -2.15. The second-order valence-electron chi connectivity index (χ2n) is 3.65. The fourth-order valence-electron chi connectivity index (χ4n) is 1.24. The molecule has 0 saturated heterocycles. The number of rotatable bonds is 4. The summed E-state index contributed by atoms with van der Waals surface area (Å²) in [5.41, 5.74) is 0.403. The zero-order valence-electron chi connectivity index (χ0n) is 9.36. The highest BCUT2D eigenvalue weighted by atomic mass is 19.4. The van der Waals surface area contributed by atoms with Crippen molar-refractivity contribution in [1.82, 2.24) is 0 Å². The molecule has 0 radical (unpaired) electrons. The first kappa shape index (κ1) is 14.3. The van der Waals surface area contributed by atoms with Gasteiger partial charge < -0.3 is 14.9 Å². The van der Waals surface area contributed by atoms with Gasteiger partial charge >= 0.3 is 12.1 Å².